The van der Waals surface area contributed by atoms with Gasteiger partial charge in [-0.3, -0.25) is 4.98 Å². The summed E-state index contributed by atoms with van der Waals surface area (Å²) in [6.07, 6.45) is 7.95. The lowest BCUT2D eigenvalue weighted by atomic mass is 9.89. The number of nitrogens with one attached hydrogen (secondary N) is 2. The van der Waals surface area contributed by atoms with Gasteiger partial charge in [-0.05, 0) is 54.9 Å². The number of halogens is 2. The van der Waals surface area contributed by atoms with Crippen molar-refractivity contribution in [1.29, 1.82) is 0 Å². The third-order valence-electron chi connectivity index (χ3n) is 4.20. The van der Waals surface area contributed by atoms with Crippen LogP contribution in [0.15, 0.2) is 42.7 Å². The van der Waals surface area contributed by atoms with Crippen molar-refractivity contribution in [2.45, 2.75) is 31.2 Å². The summed E-state index contributed by atoms with van der Waals surface area (Å²) >= 11 is 11.2. The van der Waals surface area contributed by atoms with E-state index in [-0.39, 0.29) is 10.6 Å². The molecule has 6 heteroatoms. The number of benzene rings is 1. The second-order valence-corrected chi connectivity index (χ2v) is 6.55. The van der Waals surface area contributed by atoms with Gasteiger partial charge in [0.15, 0.2) is 5.11 Å². The van der Waals surface area contributed by atoms with Crippen molar-refractivity contribution in [3.63, 3.8) is 0 Å². The second kappa shape index (κ2) is 6.81. The van der Waals surface area contributed by atoms with Gasteiger partial charge < -0.3 is 10.6 Å². The summed E-state index contributed by atoms with van der Waals surface area (Å²) in [6.45, 7) is 0. The second-order valence-electron chi connectivity index (χ2n) is 5.74. The molecule has 0 amide bonds. The van der Waals surface area contributed by atoms with Crippen molar-refractivity contribution in [2.24, 2.45) is 0 Å². The highest BCUT2D eigenvalue weighted by atomic mass is 35.5. The largest absolute Gasteiger partial charge is 0.353 e. The summed E-state index contributed by atoms with van der Waals surface area (Å²) in [5.41, 5.74) is 1.61. The molecule has 0 spiro atoms. The monoisotopic (exact) mass is 349 g/mol. The fourth-order valence-electron chi connectivity index (χ4n) is 3.06. The SMILES string of the molecule is Fc1ccc(NC(=S)NC2(c3cccnc3)CCCC2)cc1Cl. The molecular formula is C17H17ClFN3S. The maximum absolute atomic E-state index is 13.2. The Hall–Kier alpha value is -1.72. The maximum Gasteiger partial charge on any atom is 0.171 e. The maximum atomic E-state index is 13.2. The van der Waals surface area contributed by atoms with Crippen LogP contribution in [-0.4, -0.2) is 10.1 Å². The van der Waals surface area contributed by atoms with Crippen LogP contribution in [0.2, 0.25) is 5.02 Å². The van der Waals surface area contributed by atoms with Crippen LogP contribution in [0.4, 0.5) is 10.1 Å². The van der Waals surface area contributed by atoms with Gasteiger partial charge in [0.1, 0.15) is 5.82 Å². The van der Waals surface area contributed by atoms with E-state index in [4.69, 9.17) is 23.8 Å². The number of thiocarbonyl (C=S) groups is 1. The van der Waals surface area contributed by atoms with Gasteiger partial charge >= 0.3 is 0 Å². The van der Waals surface area contributed by atoms with Gasteiger partial charge in [-0.15, -0.1) is 0 Å². The van der Waals surface area contributed by atoms with Gasteiger partial charge in [-0.25, -0.2) is 4.39 Å². The first-order chi connectivity index (χ1) is 11.1. The zero-order valence-corrected chi connectivity index (χ0v) is 14.1. The predicted octanol–water partition coefficient (Wildman–Crippen LogP) is 4.63. The molecule has 0 unspecified atom stereocenters. The molecule has 1 aromatic heterocycles. The molecule has 1 fully saturated rings. The topological polar surface area (TPSA) is 37.0 Å². The molecule has 0 atom stereocenters. The minimum Gasteiger partial charge on any atom is -0.353 e. The highest BCUT2D eigenvalue weighted by Crippen LogP contribution is 2.38. The molecular weight excluding hydrogens is 333 g/mol. The zero-order chi connectivity index (χ0) is 16.3. The van der Waals surface area contributed by atoms with E-state index < -0.39 is 5.82 Å². The van der Waals surface area contributed by atoms with E-state index in [1.165, 1.54) is 12.1 Å². The summed E-state index contributed by atoms with van der Waals surface area (Å²) in [4.78, 5) is 4.22. The van der Waals surface area contributed by atoms with E-state index in [1.807, 2.05) is 12.3 Å². The van der Waals surface area contributed by atoms with Crippen LogP contribution in [0.3, 0.4) is 0 Å². The number of hydrogen-bond donors (Lipinski definition) is 2. The Morgan fingerprint density at radius 1 is 1.26 bits per heavy atom. The minimum atomic E-state index is -0.446. The summed E-state index contributed by atoms with van der Waals surface area (Å²) in [7, 11) is 0. The van der Waals surface area contributed by atoms with Crippen molar-refractivity contribution in [2.75, 3.05) is 5.32 Å². The van der Waals surface area contributed by atoms with Gasteiger partial charge in [0, 0.05) is 18.1 Å². The molecule has 0 bridgehead atoms. The van der Waals surface area contributed by atoms with Crippen LogP contribution in [0, 0.1) is 5.82 Å². The first-order valence-electron chi connectivity index (χ1n) is 7.54. The molecule has 3 rings (SSSR count). The number of rotatable bonds is 3. The van der Waals surface area contributed by atoms with Crippen molar-refractivity contribution in [1.82, 2.24) is 10.3 Å². The molecule has 0 radical (unpaired) electrons. The quantitative estimate of drug-likeness (QED) is 0.792. The van der Waals surface area contributed by atoms with Crippen molar-refractivity contribution in [3.05, 3.63) is 59.1 Å². The number of pyridine rings is 1. The highest BCUT2D eigenvalue weighted by molar-refractivity contribution is 7.80. The minimum absolute atomic E-state index is 0.0700. The molecule has 1 saturated carbocycles. The molecule has 1 aliphatic rings. The van der Waals surface area contributed by atoms with Gasteiger partial charge in [0.05, 0.1) is 10.6 Å². The third-order valence-corrected chi connectivity index (χ3v) is 4.70. The van der Waals surface area contributed by atoms with Crippen LogP contribution in [0.5, 0.6) is 0 Å². The molecule has 2 N–H and O–H groups in total. The third kappa shape index (κ3) is 3.62. The first kappa shape index (κ1) is 16.1. The number of hydrogen-bond acceptors (Lipinski definition) is 2. The Kier molecular flexibility index (Phi) is 4.78. The fourth-order valence-corrected chi connectivity index (χ4v) is 3.56. The van der Waals surface area contributed by atoms with Crippen LogP contribution in [0.1, 0.15) is 31.2 Å². The smallest absolute Gasteiger partial charge is 0.171 e. The lowest BCUT2D eigenvalue weighted by Crippen LogP contribution is -2.45. The fraction of sp³-hybridized carbons (Fsp3) is 0.294. The van der Waals surface area contributed by atoms with E-state index in [0.717, 1.165) is 31.2 Å². The molecule has 1 heterocycles. The molecule has 0 aliphatic heterocycles. The van der Waals surface area contributed by atoms with Crippen LogP contribution < -0.4 is 10.6 Å². The van der Waals surface area contributed by atoms with Crippen LogP contribution in [-0.2, 0) is 5.54 Å². The Balaban J connectivity index is 1.75. The highest BCUT2D eigenvalue weighted by Gasteiger charge is 2.36. The lowest BCUT2D eigenvalue weighted by molar-refractivity contribution is 0.407. The predicted molar refractivity (Wildman–Crippen MR) is 95.1 cm³/mol. The normalized spacial score (nSPS) is 16.1. The van der Waals surface area contributed by atoms with E-state index in [9.17, 15) is 4.39 Å². The molecule has 1 aromatic carbocycles. The zero-order valence-electron chi connectivity index (χ0n) is 12.5. The summed E-state index contributed by atoms with van der Waals surface area (Å²) in [5, 5.41) is 7.08. The summed E-state index contributed by atoms with van der Waals surface area (Å²) < 4.78 is 13.2. The molecule has 0 saturated heterocycles. The van der Waals surface area contributed by atoms with Crippen LogP contribution in [0.25, 0.3) is 0 Å². The van der Waals surface area contributed by atoms with Crippen molar-refractivity contribution >= 4 is 34.6 Å². The lowest BCUT2D eigenvalue weighted by Gasteiger charge is -2.32. The Bertz CT molecular complexity index is 702. The van der Waals surface area contributed by atoms with E-state index in [0.29, 0.717) is 10.8 Å². The summed E-state index contributed by atoms with van der Waals surface area (Å²) in [6, 6.07) is 8.46. The Labute approximate surface area is 145 Å². The average Bonchev–Trinajstić information content (AvgIpc) is 3.01. The van der Waals surface area contributed by atoms with Gasteiger partial charge in [0.25, 0.3) is 0 Å². The van der Waals surface area contributed by atoms with Gasteiger partial charge in [-0.2, -0.15) is 0 Å². The van der Waals surface area contributed by atoms with E-state index in [1.54, 1.807) is 12.3 Å². The van der Waals surface area contributed by atoms with Gasteiger partial charge in [-0.1, -0.05) is 30.5 Å². The number of nitrogens with zero attached hydrogens (tertiary/aromatic N) is 1. The summed E-state index contributed by atoms with van der Waals surface area (Å²) in [5.74, 6) is -0.446. The molecule has 2 aromatic rings. The molecule has 3 nitrogen and oxygen atoms in total. The van der Waals surface area contributed by atoms with Gasteiger partial charge in [0.2, 0.25) is 0 Å². The number of anilines is 1. The Morgan fingerprint density at radius 3 is 2.70 bits per heavy atom. The number of aromatic nitrogens is 1. The van der Waals surface area contributed by atoms with E-state index in [2.05, 4.69) is 21.7 Å². The Morgan fingerprint density at radius 2 is 2.04 bits per heavy atom. The first-order valence-corrected chi connectivity index (χ1v) is 8.32. The van der Waals surface area contributed by atoms with Crippen molar-refractivity contribution < 1.29 is 4.39 Å². The standard InChI is InChI=1S/C17H17ClFN3S/c18-14-10-13(5-6-15(14)19)21-16(23)22-17(7-1-2-8-17)12-4-3-9-20-11-12/h3-6,9-11H,1-2,7-8H2,(H2,21,22,23). The molecule has 1 aliphatic carbocycles. The van der Waals surface area contributed by atoms with Crippen LogP contribution >= 0.6 is 23.8 Å². The van der Waals surface area contributed by atoms with E-state index >= 15 is 0 Å². The molecule has 120 valence electrons. The van der Waals surface area contributed by atoms with Crippen molar-refractivity contribution in [3.8, 4) is 0 Å². The average molecular weight is 350 g/mol. The molecule has 23 heavy (non-hydrogen) atoms.